The first kappa shape index (κ1) is 30.2. The van der Waals surface area contributed by atoms with Crippen molar-refractivity contribution in [1.29, 1.82) is 0 Å². The van der Waals surface area contributed by atoms with E-state index in [1.807, 2.05) is 30.3 Å². The Labute approximate surface area is 248 Å². The fourth-order valence-electron chi connectivity index (χ4n) is 7.47. The lowest BCUT2D eigenvalue weighted by atomic mass is 9.53. The van der Waals surface area contributed by atoms with E-state index in [-0.39, 0.29) is 29.0 Å². The van der Waals surface area contributed by atoms with Crippen molar-refractivity contribution in [3.05, 3.63) is 47.6 Å². The normalized spacial score (nSPS) is 31.0. The molecule has 7 rings (SSSR count). The zero-order chi connectivity index (χ0) is 30.7. The van der Waals surface area contributed by atoms with Crippen molar-refractivity contribution in [3.63, 3.8) is 0 Å². The summed E-state index contributed by atoms with van der Waals surface area (Å²) in [5, 5.41) is 14.1. The van der Waals surface area contributed by atoms with Crippen molar-refractivity contribution in [2.75, 3.05) is 24.7 Å². The summed E-state index contributed by atoms with van der Waals surface area (Å²) in [6.07, 6.45) is 1.94. The van der Waals surface area contributed by atoms with Crippen molar-refractivity contribution >= 4 is 17.2 Å². The topological polar surface area (TPSA) is 88.7 Å². The molecule has 4 fully saturated rings. The molecule has 5 aliphatic rings. The molecular weight excluding hydrogens is 566 g/mol. The minimum absolute atomic E-state index is 0.0241. The Morgan fingerprint density at radius 2 is 1.79 bits per heavy atom. The highest BCUT2D eigenvalue weighted by atomic mass is 19.4. The Balaban J connectivity index is 1.22. The van der Waals surface area contributed by atoms with Crippen LogP contribution in [0.1, 0.15) is 95.3 Å². The lowest BCUT2D eigenvalue weighted by Crippen LogP contribution is -2.56. The number of hydrogen-bond acceptors (Lipinski definition) is 6. The highest BCUT2D eigenvalue weighted by Crippen LogP contribution is 2.58. The summed E-state index contributed by atoms with van der Waals surface area (Å²) in [5.74, 6) is -0.229. The van der Waals surface area contributed by atoms with Crippen LogP contribution in [0.5, 0.6) is 0 Å². The number of fused-ring (bicyclic) bond motifs is 3. The van der Waals surface area contributed by atoms with Gasteiger partial charge in [0.05, 0.1) is 13.2 Å². The van der Waals surface area contributed by atoms with E-state index in [1.54, 1.807) is 4.90 Å². The fourth-order valence-corrected chi connectivity index (χ4v) is 7.47. The zero-order valence-electron chi connectivity index (χ0n) is 24.7. The van der Waals surface area contributed by atoms with Crippen LogP contribution in [-0.4, -0.2) is 52.7 Å². The molecule has 2 aromatic rings. The molecule has 7 nitrogen and oxygen atoms in total. The predicted octanol–water partition coefficient (Wildman–Crippen LogP) is 6.80. The fraction of sp³-hybridized carbons (Fsp3) is 0.656. The SMILES string of the molecule is CC(C)(F)c1nc(C23CCC(CN(C(=O)CC4CC(O)(C(F)(F)F)C4)c4cccc(C5=CCOCC5)c4)(CC2)CC3)no1. The summed E-state index contributed by atoms with van der Waals surface area (Å²) in [4.78, 5) is 20.1. The van der Waals surface area contributed by atoms with Crippen LogP contribution in [0.2, 0.25) is 0 Å². The first-order valence-electron chi connectivity index (χ1n) is 15.2. The van der Waals surface area contributed by atoms with Gasteiger partial charge in [0.2, 0.25) is 5.91 Å². The summed E-state index contributed by atoms with van der Waals surface area (Å²) < 4.78 is 65.0. The Morgan fingerprint density at radius 3 is 2.37 bits per heavy atom. The Morgan fingerprint density at radius 1 is 1.09 bits per heavy atom. The number of aromatic nitrogens is 2. The molecule has 11 heteroatoms. The summed E-state index contributed by atoms with van der Waals surface area (Å²) in [6, 6.07) is 7.80. The van der Waals surface area contributed by atoms with Gasteiger partial charge in [-0.25, -0.2) is 4.39 Å². The second-order valence-corrected chi connectivity index (χ2v) is 13.8. The zero-order valence-corrected chi connectivity index (χ0v) is 24.7. The highest BCUT2D eigenvalue weighted by molar-refractivity contribution is 5.94. The molecule has 0 atom stereocenters. The Kier molecular flexibility index (Phi) is 7.51. The van der Waals surface area contributed by atoms with Gasteiger partial charge in [-0.05, 0) is 106 Å². The molecule has 234 valence electrons. The Bertz CT molecular complexity index is 1360. The summed E-state index contributed by atoms with van der Waals surface area (Å²) in [7, 11) is 0. The molecule has 0 spiro atoms. The summed E-state index contributed by atoms with van der Waals surface area (Å²) in [5.41, 5.74) is -2.01. The molecule has 1 amide bonds. The van der Waals surface area contributed by atoms with Gasteiger partial charge in [-0.15, -0.1) is 0 Å². The van der Waals surface area contributed by atoms with Crippen LogP contribution in [0.3, 0.4) is 0 Å². The molecular formula is C32H39F4N3O4. The number of benzene rings is 1. The van der Waals surface area contributed by atoms with Crippen molar-refractivity contribution in [2.24, 2.45) is 11.3 Å². The van der Waals surface area contributed by atoms with Crippen molar-refractivity contribution < 1.29 is 36.7 Å². The molecule has 1 N–H and O–H groups in total. The second-order valence-electron chi connectivity index (χ2n) is 13.8. The lowest BCUT2D eigenvalue weighted by molar-refractivity contribution is -0.298. The number of carbonyl (C=O) groups is 1. The van der Waals surface area contributed by atoms with Crippen molar-refractivity contribution in [3.8, 4) is 0 Å². The number of ether oxygens (including phenoxy) is 1. The van der Waals surface area contributed by atoms with E-state index in [4.69, 9.17) is 9.26 Å². The van der Waals surface area contributed by atoms with Gasteiger partial charge in [0.15, 0.2) is 17.1 Å². The van der Waals surface area contributed by atoms with Crippen LogP contribution in [0.15, 0.2) is 34.9 Å². The first-order valence-corrected chi connectivity index (χ1v) is 15.2. The molecule has 4 aliphatic carbocycles. The lowest BCUT2D eigenvalue weighted by Gasteiger charge is -2.53. The number of halogens is 4. The standard InChI is InChI=1S/C32H39F4N3O4/c1-28(2,33)27-37-26(38-43-27)30-11-8-29(9-12-30,10-13-30)20-39(25(40)16-21-18-31(41,19-21)32(34,35)36)24-5-3-4-23(17-24)22-6-14-42-15-7-22/h3-6,17,21,41H,7-16,18-20H2,1-2H3. The van der Waals surface area contributed by atoms with E-state index in [0.29, 0.717) is 25.6 Å². The number of aliphatic hydroxyl groups is 1. The van der Waals surface area contributed by atoms with Crippen molar-refractivity contribution in [1.82, 2.24) is 10.1 Å². The average molecular weight is 606 g/mol. The monoisotopic (exact) mass is 605 g/mol. The number of alkyl halides is 4. The molecule has 0 saturated heterocycles. The third-order valence-corrected chi connectivity index (χ3v) is 10.3. The number of hydrogen-bond donors (Lipinski definition) is 1. The van der Waals surface area contributed by atoms with Crippen LogP contribution in [0, 0.1) is 11.3 Å². The second kappa shape index (κ2) is 10.7. The minimum Gasteiger partial charge on any atom is -0.380 e. The predicted molar refractivity (Wildman–Crippen MR) is 151 cm³/mol. The molecule has 2 heterocycles. The number of nitrogens with zero attached hydrogens (tertiary/aromatic N) is 3. The van der Waals surface area contributed by atoms with E-state index in [2.05, 4.69) is 10.1 Å². The maximum absolute atomic E-state index is 14.4. The molecule has 1 aromatic carbocycles. The van der Waals surface area contributed by atoms with Gasteiger partial charge in [0.1, 0.15) is 0 Å². The van der Waals surface area contributed by atoms with Crippen LogP contribution >= 0.6 is 0 Å². The van der Waals surface area contributed by atoms with Gasteiger partial charge in [-0.3, -0.25) is 4.79 Å². The third-order valence-electron chi connectivity index (χ3n) is 10.3. The van der Waals surface area contributed by atoms with Gasteiger partial charge in [0.25, 0.3) is 5.89 Å². The molecule has 0 radical (unpaired) electrons. The van der Waals surface area contributed by atoms with Gasteiger partial charge >= 0.3 is 6.18 Å². The van der Waals surface area contributed by atoms with E-state index in [0.717, 1.165) is 61.8 Å². The largest absolute Gasteiger partial charge is 0.417 e. The van der Waals surface area contributed by atoms with E-state index < -0.39 is 36.2 Å². The van der Waals surface area contributed by atoms with Gasteiger partial charge < -0.3 is 19.3 Å². The molecule has 4 saturated carbocycles. The van der Waals surface area contributed by atoms with Gasteiger partial charge in [-0.1, -0.05) is 23.4 Å². The number of amides is 1. The quantitative estimate of drug-likeness (QED) is 0.333. The third kappa shape index (κ3) is 5.75. The highest BCUT2D eigenvalue weighted by Gasteiger charge is 2.61. The summed E-state index contributed by atoms with van der Waals surface area (Å²) >= 11 is 0. The Hall–Kier alpha value is -2.79. The molecule has 1 aromatic heterocycles. The molecule has 0 unspecified atom stereocenters. The maximum Gasteiger partial charge on any atom is 0.417 e. The van der Waals surface area contributed by atoms with E-state index in [1.165, 1.54) is 13.8 Å². The smallest absolute Gasteiger partial charge is 0.380 e. The van der Waals surface area contributed by atoms with E-state index in [9.17, 15) is 27.5 Å². The van der Waals surface area contributed by atoms with Gasteiger partial charge in [-0.2, -0.15) is 18.2 Å². The maximum atomic E-state index is 14.4. The first-order chi connectivity index (χ1) is 20.2. The number of anilines is 1. The van der Waals surface area contributed by atoms with Crippen LogP contribution < -0.4 is 4.90 Å². The van der Waals surface area contributed by atoms with Crippen LogP contribution in [0.4, 0.5) is 23.2 Å². The van der Waals surface area contributed by atoms with E-state index >= 15 is 0 Å². The van der Waals surface area contributed by atoms with Crippen LogP contribution in [-0.2, 0) is 20.6 Å². The number of carbonyl (C=O) groups excluding carboxylic acids is 1. The molecule has 2 bridgehead atoms. The minimum atomic E-state index is -4.70. The average Bonchev–Trinajstić information content (AvgIpc) is 3.48. The summed E-state index contributed by atoms with van der Waals surface area (Å²) in [6.45, 7) is 4.39. The van der Waals surface area contributed by atoms with Crippen molar-refractivity contribution in [2.45, 2.75) is 101 Å². The van der Waals surface area contributed by atoms with Gasteiger partial charge in [0, 0.05) is 24.1 Å². The number of rotatable bonds is 8. The van der Waals surface area contributed by atoms with Crippen LogP contribution in [0.25, 0.3) is 5.57 Å². The molecule has 1 aliphatic heterocycles. The molecule has 43 heavy (non-hydrogen) atoms.